The average Bonchev–Trinajstić information content (AvgIpc) is 2.77. The van der Waals surface area contributed by atoms with Crippen molar-refractivity contribution in [3.05, 3.63) is 30.7 Å². The largest absolute Gasteiger partial charge is 0.311 e. The van der Waals surface area contributed by atoms with Crippen LogP contribution in [0.3, 0.4) is 0 Å². The van der Waals surface area contributed by atoms with Gasteiger partial charge >= 0.3 is 0 Å². The lowest BCUT2D eigenvalue weighted by Crippen LogP contribution is -2.07. The van der Waals surface area contributed by atoms with Gasteiger partial charge in [0.2, 0.25) is 5.91 Å². The number of hydrogen-bond acceptors (Lipinski definition) is 3. The minimum atomic E-state index is -0.126. The molecular formula is C12H14N4O. The molecular weight excluding hydrogens is 216 g/mol. The van der Waals surface area contributed by atoms with Crippen LogP contribution in [-0.4, -0.2) is 20.7 Å². The summed E-state index contributed by atoms with van der Waals surface area (Å²) in [7, 11) is 0. The Kier molecular flexibility index (Phi) is 3.18. The van der Waals surface area contributed by atoms with Gasteiger partial charge in [0.1, 0.15) is 5.82 Å². The number of carbonyl (C=O) groups is 1. The highest BCUT2D eigenvalue weighted by atomic mass is 16.1. The molecule has 0 saturated carbocycles. The third-order valence-electron chi connectivity index (χ3n) is 2.35. The summed E-state index contributed by atoms with van der Waals surface area (Å²) in [5, 5.41) is 6.87. The van der Waals surface area contributed by atoms with E-state index < -0.39 is 0 Å². The van der Waals surface area contributed by atoms with Gasteiger partial charge in [0.15, 0.2) is 0 Å². The van der Waals surface area contributed by atoms with E-state index in [4.69, 9.17) is 0 Å². The topological polar surface area (TPSA) is 59.8 Å². The van der Waals surface area contributed by atoms with Gasteiger partial charge in [-0.25, -0.2) is 4.98 Å². The molecule has 17 heavy (non-hydrogen) atoms. The van der Waals surface area contributed by atoms with E-state index in [1.54, 1.807) is 12.4 Å². The normalized spacial score (nSPS) is 10.2. The Morgan fingerprint density at radius 1 is 1.47 bits per heavy atom. The van der Waals surface area contributed by atoms with Gasteiger partial charge in [0.05, 0.1) is 6.20 Å². The maximum Gasteiger partial charge on any atom is 0.222 e. The summed E-state index contributed by atoms with van der Waals surface area (Å²) in [5.74, 6) is 0.429. The van der Waals surface area contributed by atoms with E-state index >= 15 is 0 Å². The number of nitrogens with one attached hydrogen (secondary N) is 1. The fourth-order valence-corrected chi connectivity index (χ4v) is 1.54. The third kappa shape index (κ3) is 2.69. The van der Waals surface area contributed by atoms with Crippen molar-refractivity contribution in [3.8, 4) is 11.1 Å². The zero-order chi connectivity index (χ0) is 12.3. The second kappa shape index (κ2) is 4.78. The number of aromatic nitrogens is 3. The molecule has 0 fully saturated rings. The number of carbonyl (C=O) groups excluding carboxylic acids is 1. The zero-order valence-electron chi connectivity index (χ0n) is 9.84. The lowest BCUT2D eigenvalue weighted by atomic mass is 10.1. The maximum absolute atomic E-state index is 10.9. The summed E-state index contributed by atoms with van der Waals surface area (Å²) in [5.41, 5.74) is 2.00. The summed E-state index contributed by atoms with van der Waals surface area (Å²) in [4.78, 5) is 15.0. The summed E-state index contributed by atoms with van der Waals surface area (Å²) in [6, 6.07) is 3.72. The summed E-state index contributed by atoms with van der Waals surface area (Å²) >= 11 is 0. The van der Waals surface area contributed by atoms with Crippen LogP contribution in [0.4, 0.5) is 5.82 Å². The van der Waals surface area contributed by atoms with Gasteiger partial charge in [-0.3, -0.25) is 9.48 Å². The number of aryl methyl sites for hydroxylation is 1. The van der Waals surface area contributed by atoms with E-state index in [0.717, 1.165) is 17.7 Å². The van der Waals surface area contributed by atoms with Gasteiger partial charge in [-0.1, -0.05) is 0 Å². The molecule has 2 aromatic rings. The molecule has 5 heteroatoms. The standard InChI is InChI=1S/C12H14N4O/c1-3-16-8-11(7-14-16)10-4-5-13-12(6-10)15-9(2)17/h4-8H,3H2,1-2H3,(H,13,15,17). The van der Waals surface area contributed by atoms with Crippen LogP contribution in [0, 0.1) is 0 Å². The minimum absolute atomic E-state index is 0.126. The van der Waals surface area contributed by atoms with Gasteiger partial charge in [-0.2, -0.15) is 5.10 Å². The molecule has 1 amide bonds. The highest BCUT2D eigenvalue weighted by Crippen LogP contribution is 2.20. The Hall–Kier alpha value is -2.17. The summed E-state index contributed by atoms with van der Waals surface area (Å²) < 4.78 is 1.85. The molecule has 88 valence electrons. The smallest absolute Gasteiger partial charge is 0.222 e. The van der Waals surface area contributed by atoms with Gasteiger partial charge in [-0.05, 0) is 24.6 Å². The second-order valence-electron chi connectivity index (χ2n) is 3.70. The predicted molar refractivity (Wildman–Crippen MR) is 65.4 cm³/mol. The van der Waals surface area contributed by atoms with Crippen LogP contribution in [0.2, 0.25) is 0 Å². The Morgan fingerprint density at radius 3 is 2.94 bits per heavy atom. The Bertz CT molecular complexity index is 533. The molecule has 0 bridgehead atoms. The van der Waals surface area contributed by atoms with Gasteiger partial charge in [-0.15, -0.1) is 0 Å². The Morgan fingerprint density at radius 2 is 2.29 bits per heavy atom. The number of anilines is 1. The molecule has 0 aromatic carbocycles. The third-order valence-corrected chi connectivity index (χ3v) is 2.35. The van der Waals surface area contributed by atoms with E-state index in [0.29, 0.717) is 5.82 Å². The van der Waals surface area contributed by atoms with Gasteiger partial charge in [0, 0.05) is 31.4 Å². The van der Waals surface area contributed by atoms with E-state index in [9.17, 15) is 4.79 Å². The molecule has 0 aliphatic heterocycles. The molecule has 0 radical (unpaired) electrons. The monoisotopic (exact) mass is 230 g/mol. The van der Waals surface area contributed by atoms with Crippen molar-refractivity contribution >= 4 is 11.7 Å². The highest BCUT2D eigenvalue weighted by molar-refractivity contribution is 5.88. The van der Waals surface area contributed by atoms with Crippen molar-refractivity contribution in [2.24, 2.45) is 0 Å². The predicted octanol–water partition coefficient (Wildman–Crippen LogP) is 1.92. The van der Waals surface area contributed by atoms with Crippen LogP contribution in [0.5, 0.6) is 0 Å². The molecule has 2 rings (SSSR count). The van der Waals surface area contributed by atoms with Gasteiger partial charge in [0.25, 0.3) is 0 Å². The van der Waals surface area contributed by atoms with Crippen molar-refractivity contribution in [2.75, 3.05) is 5.32 Å². The quantitative estimate of drug-likeness (QED) is 0.876. The molecule has 0 saturated heterocycles. The number of nitrogens with zero attached hydrogens (tertiary/aromatic N) is 3. The SMILES string of the molecule is CCn1cc(-c2ccnc(NC(C)=O)c2)cn1. The van der Waals surface area contributed by atoms with Crippen molar-refractivity contribution in [2.45, 2.75) is 20.4 Å². The molecule has 1 N–H and O–H groups in total. The molecule has 0 aliphatic carbocycles. The lowest BCUT2D eigenvalue weighted by molar-refractivity contribution is -0.114. The number of amides is 1. The minimum Gasteiger partial charge on any atom is -0.311 e. The fourth-order valence-electron chi connectivity index (χ4n) is 1.54. The second-order valence-corrected chi connectivity index (χ2v) is 3.70. The van der Waals surface area contributed by atoms with E-state index in [-0.39, 0.29) is 5.91 Å². The van der Waals surface area contributed by atoms with Crippen molar-refractivity contribution in [3.63, 3.8) is 0 Å². The van der Waals surface area contributed by atoms with Crippen molar-refractivity contribution in [1.82, 2.24) is 14.8 Å². The molecule has 0 atom stereocenters. The fraction of sp³-hybridized carbons (Fsp3) is 0.250. The van der Waals surface area contributed by atoms with Crippen LogP contribution < -0.4 is 5.32 Å². The first-order valence-electron chi connectivity index (χ1n) is 5.45. The Balaban J connectivity index is 2.29. The molecule has 2 heterocycles. The van der Waals surface area contributed by atoms with Crippen molar-refractivity contribution < 1.29 is 4.79 Å². The molecule has 2 aromatic heterocycles. The van der Waals surface area contributed by atoms with E-state index in [2.05, 4.69) is 15.4 Å². The van der Waals surface area contributed by atoms with E-state index in [1.165, 1.54) is 6.92 Å². The average molecular weight is 230 g/mol. The van der Waals surface area contributed by atoms with Gasteiger partial charge < -0.3 is 5.32 Å². The molecule has 5 nitrogen and oxygen atoms in total. The molecule has 0 spiro atoms. The maximum atomic E-state index is 10.9. The number of pyridine rings is 1. The van der Waals surface area contributed by atoms with Crippen LogP contribution in [0.1, 0.15) is 13.8 Å². The molecule has 0 unspecified atom stereocenters. The summed E-state index contributed by atoms with van der Waals surface area (Å²) in [6.07, 6.45) is 5.44. The van der Waals surface area contributed by atoms with Crippen LogP contribution in [-0.2, 0) is 11.3 Å². The first kappa shape index (κ1) is 11.3. The number of rotatable bonds is 3. The molecule has 0 aliphatic rings. The van der Waals surface area contributed by atoms with Crippen LogP contribution in [0.15, 0.2) is 30.7 Å². The summed E-state index contributed by atoms with van der Waals surface area (Å²) in [6.45, 7) is 4.33. The number of hydrogen-bond donors (Lipinski definition) is 1. The zero-order valence-corrected chi connectivity index (χ0v) is 9.84. The van der Waals surface area contributed by atoms with Crippen molar-refractivity contribution in [1.29, 1.82) is 0 Å². The Labute approximate surface area is 99.5 Å². The first-order chi connectivity index (χ1) is 8.19. The van der Waals surface area contributed by atoms with Crippen LogP contribution in [0.25, 0.3) is 11.1 Å². The first-order valence-corrected chi connectivity index (χ1v) is 5.45. The highest BCUT2D eigenvalue weighted by Gasteiger charge is 2.03. The van der Waals surface area contributed by atoms with E-state index in [1.807, 2.05) is 29.9 Å². The lowest BCUT2D eigenvalue weighted by Gasteiger charge is -2.02. The van der Waals surface area contributed by atoms with Crippen LogP contribution >= 0.6 is 0 Å².